The predicted octanol–water partition coefficient (Wildman–Crippen LogP) is 1.72. The van der Waals surface area contributed by atoms with Gasteiger partial charge in [0.25, 0.3) is 0 Å². The summed E-state index contributed by atoms with van der Waals surface area (Å²) in [6.45, 7) is 1.83. The normalized spacial score (nSPS) is 11.6. The third-order valence-electron chi connectivity index (χ3n) is 1.93. The summed E-state index contributed by atoms with van der Waals surface area (Å²) in [5, 5.41) is 18.5. The van der Waals surface area contributed by atoms with Gasteiger partial charge >= 0.3 is 5.97 Å². The molecular weight excluding hydrogens is 232 g/mol. The van der Waals surface area contributed by atoms with Gasteiger partial charge in [0.05, 0.1) is 23.2 Å². The van der Waals surface area contributed by atoms with Crippen LogP contribution in [0.2, 0.25) is 0 Å². The molecule has 0 aliphatic rings. The largest absolute Gasteiger partial charge is 0.478 e. The van der Waals surface area contributed by atoms with Gasteiger partial charge in [0.1, 0.15) is 0 Å². The van der Waals surface area contributed by atoms with Crippen LogP contribution in [0.3, 0.4) is 0 Å². The van der Waals surface area contributed by atoms with Gasteiger partial charge in [-0.1, -0.05) is 0 Å². The quantitative estimate of drug-likeness (QED) is 0.614. The molecule has 0 aliphatic carbocycles. The average molecular weight is 248 g/mol. The molecular formula is C12H16N4O2. The highest BCUT2D eigenvalue weighted by Gasteiger charge is 2.00. The molecule has 0 atom stereocenters. The minimum absolute atomic E-state index is 0.245. The Morgan fingerprint density at radius 2 is 1.94 bits per heavy atom. The Labute approximate surface area is 106 Å². The van der Waals surface area contributed by atoms with Gasteiger partial charge in [-0.15, -0.1) is 0 Å². The first-order chi connectivity index (χ1) is 8.49. The van der Waals surface area contributed by atoms with Crippen LogP contribution in [0.1, 0.15) is 17.3 Å². The molecule has 18 heavy (non-hydrogen) atoms. The fourth-order valence-electron chi connectivity index (χ4n) is 1.23. The number of hydrogen-bond acceptors (Lipinski definition) is 5. The Morgan fingerprint density at radius 3 is 2.44 bits per heavy atom. The summed E-state index contributed by atoms with van der Waals surface area (Å²) in [7, 11) is 3.66. The topological polar surface area (TPSA) is 77.3 Å². The molecule has 0 fully saturated rings. The van der Waals surface area contributed by atoms with E-state index < -0.39 is 5.97 Å². The van der Waals surface area contributed by atoms with Gasteiger partial charge in [-0.05, 0) is 31.2 Å². The van der Waals surface area contributed by atoms with Crippen LogP contribution in [0.4, 0.5) is 5.69 Å². The summed E-state index contributed by atoms with van der Waals surface area (Å²) in [5.41, 5.74) is 4.51. The van der Waals surface area contributed by atoms with E-state index >= 15 is 0 Å². The molecule has 2 N–H and O–H groups in total. The van der Waals surface area contributed by atoms with Crippen LogP contribution in [0.5, 0.6) is 0 Å². The fourth-order valence-corrected chi connectivity index (χ4v) is 1.23. The molecule has 0 aromatic heterocycles. The molecule has 0 radical (unpaired) electrons. The van der Waals surface area contributed by atoms with Crippen molar-refractivity contribution in [2.24, 2.45) is 10.2 Å². The second kappa shape index (κ2) is 6.39. The molecule has 1 aromatic rings. The Morgan fingerprint density at radius 1 is 1.33 bits per heavy atom. The number of aromatic carboxylic acids is 1. The number of anilines is 1. The third-order valence-corrected chi connectivity index (χ3v) is 1.93. The first-order valence-electron chi connectivity index (χ1n) is 5.34. The number of hydrazone groups is 2. The van der Waals surface area contributed by atoms with E-state index in [1.165, 1.54) is 12.1 Å². The number of carbonyl (C=O) groups is 1. The molecule has 1 rings (SSSR count). The third kappa shape index (κ3) is 4.65. The van der Waals surface area contributed by atoms with E-state index in [1.54, 1.807) is 23.4 Å². The summed E-state index contributed by atoms with van der Waals surface area (Å²) in [4.78, 5) is 10.6. The van der Waals surface area contributed by atoms with E-state index in [1.807, 2.05) is 21.0 Å². The summed E-state index contributed by atoms with van der Waals surface area (Å²) in [6, 6.07) is 6.33. The van der Waals surface area contributed by atoms with Crippen molar-refractivity contribution in [2.75, 3.05) is 19.5 Å². The lowest BCUT2D eigenvalue weighted by atomic mass is 10.2. The maximum atomic E-state index is 10.6. The lowest BCUT2D eigenvalue weighted by Gasteiger charge is -2.04. The molecule has 0 saturated carbocycles. The van der Waals surface area contributed by atoms with Gasteiger partial charge in [0.2, 0.25) is 0 Å². The summed E-state index contributed by atoms with van der Waals surface area (Å²) >= 11 is 0. The highest BCUT2D eigenvalue weighted by Crippen LogP contribution is 2.09. The molecule has 6 heteroatoms. The summed E-state index contributed by atoms with van der Waals surface area (Å²) < 4.78 is 0. The van der Waals surface area contributed by atoms with Crippen molar-refractivity contribution in [3.63, 3.8) is 0 Å². The number of nitrogens with one attached hydrogen (secondary N) is 1. The van der Waals surface area contributed by atoms with Gasteiger partial charge < -0.3 is 10.1 Å². The lowest BCUT2D eigenvalue weighted by molar-refractivity contribution is 0.0697. The monoisotopic (exact) mass is 248 g/mol. The number of carboxylic acid groups (broad SMARTS) is 1. The first-order valence-corrected chi connectivity index (χ1v) is 5.34. The van der Waals surface area contributed by atoms with E-state index in [2.05, 4.69) is 15.6 Å². The van der Waals surface area contributed by atoms with E-state index in [4.69, 9.17) is 5.11 Å². The number of carboxylic acids is 1. The molecule has 96 valence electrons. The second-order valence-corrected chi connectivity index (χ2v) is 3.84. The SMILES string of the molecule is CC(/C=N\Nc1ccc(C(=O)O)cc1)=N/N(C)C. The Bertz CT molecular complexity index is 463. The van der Waals surface area contributed by atoms with Crippen LogP contribution in [-0.4, -0.2) is 42.1 Å². The Balaban J connectivity index is 2.59. The predicted molar refractivity (Wildman–Crippen MR) is 72.3 cm³/mol. The van der Waals surface area contributed by atoms with Crippen molar-refractivity contribution in [3.8, 4) is 0 Å². The molecule has 0 spiro atoms. The van der Waals surface area contributed by atoms with Gasteiger partial charge in [-0.3, -0.25) is 5.43 Å². The van der Waals surface area contributed by atoms with Crippen molar-refractivity contribution < 1.29 is 9.90 Å². The van der Waals surface area contributed by atoms with Crippen molar-refractivity contribution in [3.05, 3.63) is 29.8 Å². The van der Waals surface area contributed by atoms with Crippen LogP contribution in [-0.2, 0) is 0 Å². The minimum atomic E-state index is -0.945. The van der Waals surface area contributed by atoms with Gasteiger partial charge in [-0.2, -0.15) is 10.2 Å². The zero-order valence-corrected chi connectivity index (χ0v) is 10.6. The standard InChI is InChI=1S/C12H16N4O2/c1-9(15-16(2)3)8-13-14-11-6-4-10(5-7-11)12(17)18/h4-8,14H,1-3H3,(H,17,18)/b13-8-,15-9-. The van der Waals surface area contributed by atoms with Crippen LogP contribution in [0, 0.1) is 0 Å². The maximum absolute atomic E-state index is 10.6. The maximum Gasteiger partial charge on any atom is 0.335 e. The molecule has 6 nitrogen and oxygen atoms in total. The molecule has 0 heterocycles. The van der Waals surface area contributed by atoms with Crippen LogP contribution in [0.25, 0.3) is 0 Å². The number of nitrogens with zero attached hydrogens (tertiary/aromatic N) is 3. The number of rotatable bonds is 5. The Kier molecular flexibility index (Phi) is 4.86. The Hall–Kier alpha value is -2.37. The highest BCUT2D eigenvalue weighted by molar-refractivity contribution is 6.29. The van der Waals surface area contributed by atoms with E-state index in [0.717, 1.165) is 5.71 Å². The number of benzene rings is 1. The number of hydrogen-bond donors (Lipinski definition) is 2. The fraction of sp³-hybridized carbons (Fsp3) is 0.250. The molecule has 1 aromatic carbocycles. The lowest BCUT2D eigenvalue weighted by Crippen LogP contribution is -2.07. The van der Waals surface area contributed by atoms with Gasteiger partial charge in [0.15, 0.2) is 0 Å². The molecule has 0 amide bonds. The minimum Gasteiger partial charge on any atom is -0.478 e. The summed E-state index contributed by atoms with van der Waals surface area (Å²) in [5.74, 6) is -0.945. The highest BCUT2D eigenvalue weighted by atomic mass is 16.4. The zero-order valence-electron chi connectivity index (χ0n) is 10.6. The van der Waals surface area contributed by atoms with Crippen molar-refractivity contribution in [1.29, 1.82) is 0 Å². The first kappa shape index (κ1) is 13.7. The van der Waals surface area contributed by atoms with Gasteiger partial charge in [-0.25, -0.2) is 4.79 Å². The van der Waals surface area contributed by atoms with E-state index in [0.29, 0.717) is 5.69 Å². The van der Waals surface area contributed by atoms with Crippen molar-refractivity contribution in [1.82, 2.24) is 5.01 Å². The molecule has 0 bridgehead atoms. The molecule has 0 saturated heterocycles. The van der Waals surface area contributed by atoms with Gasteiger partial charge in [0, 0.05) is 14.1 Å². The second-order valence-electron chi connectivity index (χ2n) is 3.84. The molecule has 0 aliphatic heterocycles. The molecule has 0 unspecified atom stereocenters. The smallest absolute Gasteiger partial charge is 0.335 e. The van der Waals surface area contributed by atoms with Crippen molar-refractivity contribution in [2.45, 2.75) is 6.92 Å². The zero-order chi connectivity index (χ0) is 13.5. The van der Waals surface area contributed by atoms with E-state index in [-0.39, 0.29) is 5.56 Å². The van der Waals surface area contributed by atoms with Crippen LogP contribution in [0.15, 0.2) is 34.5 Å². The van der Waals surface area contributed by atoms with Crippen molar-refractivity contribution >= 4 is 23.6 Å². The van der Waals surface area contributed by atoms with E-state index in [9.17, 15) is 4.79 Å². The van der Waals surface area contributed by atoms with Crippen LogP contribution < -0.4 is 5.43 Å². The summed E-state index contributed by atoms with van der Waals surface area (Å²) in [6.07, 6.45) is 1.59. The van der Waals surface area contributed by atoms with Crippen LogP contribution >= 0.6 is 0 Å². The average Bonchev–Trinajstić information content (AvgIpc) is 2.28.